The molecule has 0 spiro atoms. The number of carbonyl (C=O) groups excluding carboxylic acids is 2. The summed E-state index contributed by atoms with van der Waals surface area (Å²) in [6.45, 7) is 1.43. The molecule has 3 rings (SSSR count). The molecule has 1 amide bonds. The van der Waals surface area contributed by atoms with Crippen molar-refractivity contribution in [3.8, 4) is 11.5 Å². The van der Waals surface area contributed by atoms with Crippen molar-refractivity contribution in [1.29, 1.82) is 0 Å². The van der Waals surface area contributed by atoms with Crippen molar-refractivity contribution in [3.63, 3.8) is 0 Å². The van der Waals surface area contributed by atoms with Crippen molar-refractivity contribution < 1.29 is 24.2 Å². The van der Waals surface area contributed by atoms with Gasteiger partial charge in [0.25, 0.3) is 5.91 Å². The largest absolute Gasteiger partial charge is 0.506 e. The highest BCUT2D eigenvalue weighted by Crippen LogP contribution is 2.30. The summed E-state index contributed by atoms with van der Waals surface area (Å²) < 4.78 is 10.4. The first-order valence-electron chi connectivity index (χ1n) is 8.47. The first-order chi connectivity index (χ1) is 13.4. The van der Waals surface area contributed by atoms with Crippen LogP contribution in [0.15, 0.2) is 54.6 Å². The van der Waals surface area contributed by atoms with Gasteiger partial charge in [-0.1, -0.05) is 41.9 Å². The molecular weight excluding hydrogens is 382 g/mol. The number of hydrogen-bond donors (Lipinski definition) is 2. The van der Waals surface area contributed by atoms with Crippen molar-refractivity contribution in [2.75, 3.05) is 12.4 Å². The van der Waals surface area contributed by atoms with Crippen LogP contribution in [0, 0.1) is 0 Å². The summed E-state index contributed by atoms with van der Waals surface area (Å²) >= 11 is 5.95. The van der Waals surface area contributed by atoms with E-state index in [2.05, 4.69) is 5.32 Å². The topological polar surface area (TPSA) is 84.9 Å². The first kappa shape index (κ1) is 19.5. The Hall–Kier alpha value is -3.25. The van der Waals surface area contributed by atoms with Crippen LogP contribution in [-0.4, -0.2) is 30.2 Å². The predicted molar refractivity (Wildman–Crippen MR) is 107 cm³/mol. The van der Waals surface area contributed by atoms with Gasteiger partial charge in [-0.15, -0.1) is 0 Å². The molecule has 0 aliphatic carbocycles. The summed E-state index contributed by atoms with van der Waals surface area (Å²) in [7, 11) is 1.46. The van der Waals surface area contributed by atoms with E-state index >= 15 is 0 Å². The van der Waals surface area contributed by atoms with Gasteiger partial charge in [0.1, 0.15) is 17.1 Å². The predicted octanol–water partition coefficient (Wildman–Crippen LogP) is 4.39. The molecule has 0 saturated heterocycles. The molecule has 0 heterocycles. The van der Waals surface area contributed by atoms with Gasteiger partial charge in [-0.05, 0) is 36.6 Å². The van der Waals surface area contributed by atoms with E-state index in [9.17, 15) is 14.7 Å². The Balaban J connectivity index is 1.75. The van der Waals surface area contributed by atoms with Crippen LogP contribution in [0.25, 0.3) is 10.8 Å². The number of fused-ring (bicyclic) bond motifs is 1. The van der Waals surface area contributed by atoms with Gasteiger partial charge in [-0.3, -0.25) is 4.79 Å². The first-order valence-corrected chi connectivity index (χ1v) is 8.84. The monoisotopic (exact) mass is 399 g/mol. The molecule has 6 nitrogen and oxygen atoms in total. The van der Waals surface area contributed by atoms with E-state index in [0.717, 1.165) is 5.39 Å². The molecule has 3 aromatic carbocycles. The minimum absolute atomic E-state index is 0.0151. The Morgan fingerprint density at radius 2 is 1.86 bits per heavy atom. The molecular formula is C21H18ClNO5. The highest BCUT2D eigenvalue weighted by Gasteiger charge is 2.22. The van der Waals surface area contributed by atoms with E-state index in [1.807, 2.05) is 12.1 Å². The Labute approximate surface area is 166 Å². The molecule has 0 aliphatic rings. The zero-order chi connectivity index (χ0) is 20.3. The Morgan fingerprint density at radius 3 is 2.61 bits per heavy atom. The van der Waals surface area contributed by atoms with Gasteiger partial charge in [0.05, 0.1) is 12.8 Å². The Morgan fingerprint density at radius 1 is 1.11 bits per heavy atom. The number of aromatic hydroxyl groups is 1. The number of hydrogen-bond acceptors (Lipinski definition) is 5. The maximum atomic E-state index is 12.4. The van der Waals surface area contributed by atoms with Gasteiger partial charge in [0.2, 0.25) is 0 Å². The van der Waals surface area contributed by atoms with Crippen molar-refractivity contribution in [2.45, 2.75) is 13.0 Å². The number of esters is 1. The Bertz CT molecular complexity index is 1050. The molecule has 7 heteroatoms. The summed E-state index contributed by atoms with van der Waals surface area (Å²) in [5.41, 5.74) is 0.343. The van der Waals surface area contributed by atoms with Gasteiger partial charge in [-0.2, -0.15) is 0 Å². The second kappa shape index (κ2) is 8.19. The number of amides is 1. The third-order valence-corrected chi connectivity index (χ3v) is 4.43. The molecule has 3 aromatic rings. The van der Waals surface area contributed by atoms with Crippen LogP contribution in [0.3, 0.4) is 0 Å². The molecule has 144 valence electrons. The number of carbonyl (C=O) groups is 2. The molecule has 0 saturated carbocycles. The zero-order valence-corrected chi connectivity index (χ0v) is 16.0. The average Bonchev–Trinajstić information content (AvgIpc) is 2.68. The van der Waals surface area contributed by atoms with E-state index in [4.69, 9.17) is 21.1 Å². The maximum absolute atomic E-state index is 12.4. The minimum Gasteiger partial charge on any atom is -0.506 e. The summed E-state index contributed by atoms with van der Waals surface area (Å²) in [6.07, 6.45) is -1.11. The van der Waals surface area contributed by atoms with Crippen molar-refractivity contribution >= 4 is 39.9 Å². The second-order valence-electron chi connectivity index (χ2n) is 6.06. The highest BCUT2D eigenvalue weighted by atomic mass is 35.5. The van der Waals surface area contributed by atoms with Crippen molar-refractivity contribution in [3.05, 3.63) is 65.2 Å². The molecule has 0 radical (unpaired) electrons. The number of halogens is 1. The number of benzene rings is 3. The third-order valence-electron chi connectivity index (χ3n) is 4.19. The number of nitrogens with one attached hydrogen (secondary N) is 1. The summed E-state index contributed by atoms with van der Waals surface area (Å²) in [5, 5.41) is 14.7. The fourth-order valence-electron chi connectivity index (χ4n) is 2.71. The number of anilines is 1. The van der Waals surface area contributed by atoms with Crippen LogP contribution in [0.4, 0.5) is 5.69 Å². The van der Waals surface area contributed by atoms with Gasteiger partial charge >= 0.3 is 5.97 Å². The molecule has 2 N–H and O–H groups in total. The number of phenolic OH excluding ortho intramolecular Hbond substituents is 1. The minimum atomic E-state index is -1.11. The number of methoxy groups -OCH3 is 1. The van der Waals surface area contributed by atoms with Crippen LogP contribution in [0.2, 0.25) is 5.02 Å². The Kier molecular flexibility index (Phi) is 5.70. The molecule has 1 atom stereocenters. The van der Waals surface area contributed by atoms with Crippen LogP contribution < -0.4 is 10.1 Å². The van der Waals surface area contributed by atoms with E-state index in [-0.39, 0.29) is 11.3 Å². The third kappa shape index (κ3) is 4.02. The lowest BCUT2D eigenvalue weighted by Gasteiger charge is -2.16. The molecule has 28 heavy (non-hydrogen) atoms. The normalized spacial score (nSPS) is 11.7. The van der Waals surface area contributed by atoms with Crippen molar-refractivity contribution in [1.82, 2.24) is 0 Å². The van der Waals surface area contributed by atoms with Gasteiger partial charge in [0, 0.05) is 10.4 Å². The van der Waals surface area contributed by atoms with E-state index in [1.54, 1.807) is 30.3 Å². The molecule has 0 unspecified atom stereocenters. The van der Waals surface area contributed by atoms with E-state index < -0.39 is 18.0 Å². The second-order valence-corrected chi connectivity index (χ2v) is 6.50. The molecule has 0 aromatic heterocycles. The molecule has 0 fully saturated rings. The van der Waals surface area contributed by atoms with E-state index in [1.165, 1.54) is 26.2 Å². The van der Waals surface area contributed by atoms with Crippen LogP contribution in [-0.2, 0) is 9.53 Å². The number of phenols is 1. The fourth-order valence-corrected chi connectivity index (χ4v) is 2.88. The maximum Gasteiger partial charge on any atom is 0.342 e. The number of ether oxygens (including phenoxy) is 2. The average molecular weight is 400 g/mol. The summed E-state index contributed by atoms with van der Waals surface area (Å²) in [6, 6.07) is 15.0. The zero-order valence-electron chi connectivity index (χ0n) is 15.2. The summed E-state index contributed by atoms with van der Waals surface area (Å²) in [5.74, 6) is -1.13. The fraction of sp³-hybridized carbons (Fsp3) is 0.143. The lowest BCUT2D eigenvalue weighted by molar-refractivity contribution is -0.123. The van der Waals surface area contributed by atoms with E-state index in [0.29, 0.717) is 21.8 Å². The SMILES string of the molecule is COc1ccc(Cl)cc1NC(=O)[C@H](C)OC(=O)c1ccc2ccccc2c1O. The van der Waals surface area contributed by atoms with Gasteiger partial charge in [-0.25, -0.2) is 4.79 Å². The lowest BCUT2D eigenvalue weighted by Crippen LogP contribution is -2.30. The lowest BCUT2D eigenvalue weighted by atomic mass is 10.1. The number of rotatable bonds is 5. The van der Waals surface area contributed by atoms with Crippen LogP contribution in [0.1, 0.15) is 17.3 Å². The van der Waals surface area contributed by atoms with Crippen molar-refractivity contribution in [2.24, 2.45) is 0 Å². The van der Waals surface area contributed by atoms with Crippen LogP contribution in [0.5, 0.6) is 11.5 Å². The highest BCUT2D eigenvalue weighted by molar-refractivity contribution is 6.31. The standard InChI is InChI=1S/C21H18ClNO5/c1-12(20(25)23-17-11-14(22)8-10-18(17)27-2)28-21(26)16-9-7-13-5-3-4-6-15(13)19(16)24/h3-12,24H,1-2H3,(H,23,25)/t12-/m0/s1. The molecule has 0 aliphatic heterocycles. The smallest absolute Gasteiger partial charge is 0.342 e. The quantitative estimate of drug-likeness (QED) is 0.621. The van der Waals surface area contributed by atoms with Crippen LogP contribution >= 0.6 is 11.6 Å². The summed E-state index contributed by atoms with van der Waals surface area (Å²) in [4.78, 5) is 24.9. The van der Waals surface area contributed by atoms with Gasteiger partial charge in [0.15, 0.2) is 6.10 Å². The van der Waals surface area contributed by atoms with Gasteiger partial charge < -0.3 is 19.9 Å². The molecule has 0 bridgehead atoms.